The van der Waals surface area contributed by atoms with E-state index >= 15 is 0 Å². The lowest BCUT2D eigenvalue weighted by Crippen LogP contribution is -1.73. The van der Waals surface area contributed by atoms with Crippen molar-refractivity contribution < 1.29 is 0 Å². The van der Waals surface area contributed by atoms with Gasteiger partial charge in [0.2, 0.25) is 0 Å². The average Bonchev–Trinajstić information content (AvgIpc) is 2.02. The number of unbranched alkanes of at least 4 members (excludes halogenated alkanes) is 3. The number of allylic oxidation sites excluding steroid dienone is 1. The molecule has 0 aliphatic heterocycles. The maximum atomic E-state index is 3.83. The summed E-state index contributed by atoms with van der Waals surface area (Å²) < 4.78 is 0. The molecule has 0 saturated carbocycles. The zero-order valence-electron chi connectivity index (χ0n) is 8.45. The lowest BCUT2D eigenvalue weighted by molar-refractivity contribution is 0.737. The van der Waals surface area contributed by atoms with Crippen molar-refractivity contribution in [3.63, 3.8) is 0 Å². The van der Waals surface area contributed by atoms with Crippen LogP contribution in [0.2, 0.25) is 0 Å². The summed E-state index contributed by atoms with van der Waals surface area (Å²) in [6, 6.07) is 0. The molecular weight excluding hydrogens is 144 g/mol. The van der Waals surface area contributed by atoms with E-state index in [1.807, 2.05) is 0 Å². The van der Waals surface area contributed by atoms with Gasteiger partial charge in [-0.05, 0) is 19.8 Å². The van der Waals surface area contributed by atoms with E-state index in [0.29, 0.717) is 0 Å². The van der Waals surface area contributed by atoms with Gasteiger partial charge in [0, 0.05) is 12.8 Å². The van der Waals surface area contributed by atoms with E-state index < -0.39 is 0 Å². The molecule has 0 unspecified atom stereocenters. The van der Waals surface area contributed by atoms with Gasteiger partial charge in [0.15, 0.2) is 0 Å². The smallest absolute Gasteiger partial charge is 0.0126 e. The maximum Gasteiger partial charge on any atom is 0.0126 e. The Balaban J connectivity index is 3.17. The molecule has 68 valence electrons. The number of hydrogen-bond acceptors (Lipinski definition) is 0. The first kappa shape index (κ1) is 11.3. The summed E-state index contributed by atoms with van der Waals surface area (Å²) in [5.74, 6) is 6.35. The van der Waals surface area contributed by atoms with E-state index in [-0.39, 0.29) is 0 Å². The molecular formula is C12H20. The van der Waals surface area contributed by atoms with E-state index in [1.54, 1.807) is 0 Å². The summed E-state index contributed by atoms with van der Waals surface area (Å²) in [4.78, 5) is 0. The maximum absolute atomic E-state index is 3.83. The third-order valence-electron chi connectivity index (χ3n) is 1.71. The minimum atomic E-state index is 0.988. The second-order valence-corrected chi connectivity index (χ2v) is 3.27. The van der Waals surface area contributed by atoms with Crippen LogP contribution in [0.3, 0.4) is 0 Å². The third-order valence-corrected chi connectivity index (χ3v) is 1.71. The van der Waals surface area contributed by atoms with Crippen LogP contribution in [0.5, 0.6) is 0 Å². The first-order valence-electron chi connectivity index (χ1n) is 4.87. The minimum absolute atomic E-state index is 0.988. The van der Waals surface area contributed by atoms with Crippen molar-refractivity contribution in [1.82, 2.24) is 0 Å². The molecule has 0 saturated heterocycles. The molecule has 0 N–H and O–H groups in total. The molecule has 0 aromatic heterocycles. The molecule has 0 aromatic carbocycles. The molecule has 12 heavy (non-hydrogen) atoms. The Bertz CT molecular complexity index is 166. The van der Waals surface area contributed by atoms with Gasteiger partial charge in [-0.1, -0.05) is 25.3 Å². The Kier molecular flexibility index (Phi) is 7.91. The summed E-state index contributed by atoms with van der Waals surface area (Å²) in [7, 11) is 0. The summed E-state index contributed by atoms with van der Waals surface area (Å²) in [5, 5.41) is 0. The second kappa shape index (κ2) is 8.40. The molecule has 0 spiro atoms. The van der Waals surface area contributed by atoms with E-state index in [4.69, 9.17) is 0 Å². The predicted molar refractivity (Wildman–Crippen MR) is 56.0 cm³/mol. The molecule has 0 bridgehead atoms. The van der Waals surface area contributed by atoms with Crippen molar-refractivity contribution in [2.45, 2.75) is 52.4 Å². The van der Waals surface area contributed by atoms with Gasteiger partial charge in [-0.3, -0.25) is 0 Å². The first-order chi connectivity index (χ1) is 5.77. The van der Waals surface area contributed by atoms with Crippen molar-refractivity contribution in [2.24, 2.45) is 0 Å². The predicted octanol–water partition coefficient (Wildman–Crippen LogP) is 3.93. The quantitative estimate of drug-likeness (QED) is 0.328. The average molecular weight is 164 g/mol. The monoisotopic (exact) mass is 164 g/mol. The molecule has 0 radical (unpaired) electrons. The van der Waals surface area contributed by atoms with Crippen LogP contribution in [0, 0.1) is 11.8 Å². The molecule has 0 aromatic rings. The fraction of sp³-hybridized carbons (Fsp3) is 0.667. The summed E-state index contributed by atoms with van der Waals surface area (Å²) in [6.07, 6.45) is 6.98. The highest BCUT2D eigenvalue weighted by Crippen LogP contribution is 2.00. The topological polar surface area (TPSA) is 0 Å². The summed E-state index contributed by atoms with van der Waals surface area (Å²) in [5.41, 5.74) is 1.23. The van der Waals surface area contributed by atoms with Gasteiger partial charge in [0.25, 0.3) is 0 Å². The highest BCUT2D eigenvalue weighted by molar-refractivity contribution is 5.02. The fourth-order valence-corrected chi connectivity index (χ4v) is 0.916. The standard InChI is InChI=1S/C12H20/c1-4-5-6-7-8-9-10-11-12(2)3/h2,4-7,10-11H2,1,3H3. The highest BCUT2D eigenvalue weighted by Gasteiger charge is 1.82. The van der Waals surface area contributed by atoms with Crippen LogP contribution in [-0.2, 0) is 0 Å². The Hall–Kier alpha value is -0.700. The molecule has 0 heteroatoms. The van der Waals surface area contributed by atoms with E-state index in [0.717, 1.165) is 19.3 Å². The fourth-order valence-electron chi connectivity index (χ4n) is 0.916. The molecule has 0 heterocycles. The van der Waals surface area contributed by atoms with Crippen LogP contribution in [0.1, 0.15) is 52.4 Å². The van der Waals surface area contributed by atoms with Crippen LogP contribution in [0.25, 0.3) is 0 Å². The number of hydrogen-bond donors (Lipinski definition) is 0. The minimum Gasteiger partial charge on any atom is -0.103 e. The molecule has 0 amide bonds. The molecule has 0 aliphatic rings. The van der Waals surface area contributed by atoms with Crippen LogP contribution < -0.4 is 0 Å². The van der Waals surface area contributed by atoms with Crippen LogP contribution >= 0.6 is 0 Å². The Morgan fingerprint density at radius 1 is 1.17 bits per heavy atom. The SMILES string of the molecule is C=C(C)CCC#CCCCCC. The summed E-state index contributed by atoms with van der Waals surface area (Å²) in [6.45, 7) is 8.11. The molecule has 0 fully saturated rings. The van der Waals surface area contributed by atoms with Crippen LogP contribution in [-0.4, -0.2) is 0 Å². The number of rotatable bonds is 5. The van der Waals surface area contributed by atoms with Crippen molar-refractivity contribution in [3.8, 4) is 11.8 Å². The second-order valence-electron chi connectivity index (χ2n) is 3.27. The molecule has 0 nitrogen and oxygen atoms in total. The van der Waals surface area contributed by atoms with Gasteiger partial charge in [-0.2, -0.15) is 0 Å². The first-order valence-corrected chi connectivity index (χ1v) is 4.87. The third kappa shape index (κ3) is 9.30. The zero-order valence-corrected chi connectivity index (χ0v) is 8.45. The van der Waals surface area contributed by atoms with Gasteiger partial charge in [0.1, 0.15) is 0 Å². The highest BCUT2D eigenvalue weighted by atomic mass is 13.9. The van der Waals surface area contributed by atoms with Crippen molar-refractivity contribution in [2.75, 3.05) is 0 Å². The largest absolute Gasteiger partial charge is 0.103 e. The Morgan fingerprint density at radius 3 is 2.42 bits per heavy atom. The normalized spacial score (nSPS) is 8.83. The zero-order chi connectivity index (χ0) is 9.23. The van der Waals surface area contributed by atoms with E-state index in [1.165, 1.54) is 24.8 Å². The Morgan fingerprint density at radius 2 is 1.83 bits per heavy atom. The molecule has 0 rings (SSSR count). The van der Waals surface area contributed by atoms with Crippen molar-refractivity contribution in [1.29, 1.82) is 0 Å². The van der Waals surface area contributed by atoms with Crippen molar-refractivity contribution in [3.05, 3.63) is 12.2 Å². The molecule has 0 atom stereocenters. The van der Waals surface area contributed by atoms with E-state index in [2.05, 4.69) is 32.3 Å². The van der Waals surface area contributed by atoms with Crippen LogP contribution in [0.4, 0.5) is 0 Å². The van der Waals surface area contributed by atoms with Gasteiger partial charge in [-0.25, -0.2) is 0 Å². The summed E-state index contributed by atoms with van der Waals surface area (Å²) >= 11 is 0. The van der Waals surface area contributed by atoms with Gasteiger partial charge in [-0.15, -0.1) is 18.4 Å². The van der Waals surface area contributed by atoms with Gasteiger partial charge >= 0.3 is 0 Å². The van der Waals surface area contributed by atoms with Gasteiger partial charge in [0.05, 0.1) is 0 Å². The van der Waals surface area contributed by atoms with Gasteiger partial charge < -0.3 is 0 Å². The van der Waals surface area contributed by atoms with Crippen molar-refractivity contribution >= 4 is 0 Å². The lowest BCUT2D eigenvalue weighted by atomic mass is 10.2. The van der Waals surface area contributed by atoms with E-state index in [9.17, 15) is 0 Å². The van der Waals surface area contributed by atoms with Crippen LogP contribution in [0.15, 0.2) is 12.2 Å². The Labute approximate surface area is 77.1 Å². The molecule has 0 aliphatic carbocycles. The lowest BCUT2D eigenvalue weighted by Gasteiger charge is -1.90.